The van der Waals surface area contributed by atoms with Crippen LogP contribution in [0.15, 0.2) is 0 Å². The van der Waals surface area contributed by atoms with Gasteiger partial charge in [-0.05, 0) is 25.2 Å². The van der Waals surface area contributed by atoms with Crippen LogP contribution in [0.3, 0.4) is 0 Å². The molecule has 0 amide bonds. The molecule has 0 fully saturated rings. The molecule has 200 valence electrons. The molecule has 0 heterocycles. The fourth-order valence-corrected chi connectivity index (χ4v) is 5.65. The van der Waals surface area contributed by atoms with Gasteiger partial charge in [0.1, 0.15) is 0 Å². The Labute approximate surface area is 207 Å². The number of hydrogen-bond acceptors (Lipinski definition) is 4. The summed E-state index contributed by atoms with van der Waals surface area (Å²) < 4.78 is 24.3. The summed E-state index contributed by atoms with van der Waals surface area (Å²) in [6.45, 7) is 4.39. The lowest BCUT2D eigenvalue weighted by atomic mass is 10.0. The Balaban J connectivity index is 3.53. The van der Waals surface area contributed by atoms with E-state index in [4.69, 9.17) is 9.47 Å². The zero-order valence-corrected chi connectivity index (χ0v) is 23.8. The zero-order chi connectivity index (χ0) is 24.8. The van der Waals surface area contributed by atoms with E-state index in [0.717, 1.165) is 30.5 Å². The van der Waals surface area contributed by atoms with Crippen LogP contribution in [0, 0.1) is 0 Å². The Hall–Kier alpha value is 0.0700. The van der Waals surface area contributed by atoms with Crippen LogP contribution in [0.4, 0.5) is 0 Å². The van der Waals surface area contributed by atoms with Crippen molar-refractivity contribution in [1.82, 2.24) is 0 Å². The van der Waals surface area contributed by atoms with Crippen LogP contribution < -0.4 is 4.89 Å². The summed E-state index contributed by atoms with van der Waals surface area (Å²) in [7, 11) is 4.60. The van der Waals surface area contributed by atoms with Crippen molar-refractivity contribution in [2.24, 2.45) is 0 Å². The molecule has 0 aliphatic carbocycles. The van der Waals surface area contributed by atoms with Crippen molar-refractivity contribution < 1.29 is 23.4 Å². The summed E-state index contributed by atoms with van der Waals surface area (Å²) in [5, 5.41) is 0. The smallest absolute Gasteiger partial charge is 0.0808 e. The molecule has 0 aromatic rings. The number of ether oxygens (including phenoxy) is 2. The maximum Gasteiger partial charge on any atom is 0.0808 e. The number of nitrogens with zero attached hydrogens (tertiary/aromatic N) is 1. The van der Waals surface area contributed by atoms with Crippen LogP contribution in [-0.2, 0) is 14.0 Å². The topological polar surface area (TPSA) is 58.6 Å². The lowest BCUT2D eigenvalue weighted by molar-refractivity contribution is -0.870. The summed E-state index contributed by atoms with van der Waals surface area (Å²) >= 11 is 0. The molecule has 33 heavy (non-hydrogen) atoms. The van der Waals surface area contributed by atoms with Gasteiger partial charge < -0.3 is 23.4 Å². The quantitative estimate of drug-likeness (QED) is 0.0817. The largest absolute Gasteiger partial charge is 0.799 e. The highest BCUT2D eigenvalue weighted by Crippen LogP contribution is 2.37. The third kappa shape index (κ3) is 25.0. The number of rotatable bonds is 25. The van der Waals surface area contributed by atoms with Crippen molar-refractivity contribution in [3.63, 3.8) is 0 Å². The Morgan fingerprint density at radius 1 is 0.758 bits per heavy atom. The predicted molar refractivity (Wildman–Crippen MR) is 141 cm³/mol. The van der Waals surface area contributed by atoms with E-state index in [1.54, 1.807) is 7.11 Å². The second-order valence-electron chi connectivity index (χ2n) is 10.9. The van der Waals surface area contributed by atoms with Crippen LogP contribution in [-0.4, -0.2) is 70.9 Å². The first-order chi connectivity index (χ1) is 15.7. The molecule has 0 bridgehead atoms. The van der Waals surface area contributed by atoms with E-state index in [9.17, 15) is 9.46 Å². The van der Waals surface area contributed by atoms with E-state index < -0.39 is 7.37 Å². The second-order valence-corrected chi connectivity index (χ2v) is 13.5. The molecule has 6 heteroatoms. The normalized spacial score (nSPS) is 15.0. The molecule has 2 unspecified atom stereocenters. The number of methoxy groups -OCH3 is 1. The van der Waals surface area contributed by atoms with E-state index in [0.29, 0.717) is 19.2 Å². The van der Waals surface area contributed by atoms with Crippen molar-refractivity contribution >= 4 is 7.37 Å². The van der Waals surface area contributed by atoms with Crippen LogP contribution in [0.5, 0.6) is 0 Å². The van der Waals surface area contributed by atoms with Crippen molar-refractivity contribution in [2.45, 2.75) is 116 Å². The summed E-state index contributed by atoms with van der Waals surface area (Å²) in [5.41, 5.74) is 0. The van der Waals surface area contributed by atoms with Crippen molar-refractivity contribution in [3.8, 4) is 0 Å². The molecule has 0 radical (unpaired) electrons. The summed E-state index contributed by atoms with van der Waals surface area (Å²) in [5.74, 6) is 0. The Morgan fingerprint density at radius 2 is 1.24 bits per heavy atom. The number of unbranched alkanes of at least 4 members (excludes halogenated alkanes) is 13. The lowest BCUT2D eigenvalue weighted by Gasteiger charge is -2.28. The van der Waals surface area contributed by atoms with E-state index >= 15 is 0 Å². The molecular formula is C27H58NO4P. The lowest BCUT2D eigenvalue weighted by Crippen LogP contribution is -2.36. The van der Waals surface area contributed by atoms with Crippen LogP contribution >= 0.6 is 7.37 Å². The van der Waals surface area contributed by atoms with Gasteiger partial charge >= 0.3 is 0 Å². The molecule has 0 spiro atoms. The molecule has 5 nitrogen and oxygen atoms in total. The zero-order valence-electron chi connectivity index (χ0n) is 23.0. The Bertz CT molecular complexity index is 468. The van der Waals surface area contributed by atoms with E-state index in [-0.39, 0.29) is 12.3 Å². The highest BCUT2D eigenvalue weighted by molar-refractivity contribution is 7.56. The maximum absolute atomic E-state index is 12.3. The van der Waals surface area contributed by atoms with Gasteiger partial charge in [-0.1, -0.05) is 90.4 Å². The molecule has 0 saturated carbocycles. The molecule has 0 aromatic carbocycles. The van der Waals surface area contributed by atoms with Gasteiger partial charge in [0.15, 0.2) is 0 Å². The first kappa shape index (κ1) is 33.1. The minimum absolute atomic E-state index is 0.127. The van der Waals surface area contributed by atoms with E-state index in [2.05, 4.69) is 28.1 Å². The van der Waals surface area contributed by atoms with Gasteiger partial charge in [0.05, 0.1) is 40.4 Å². The first-order valence-corrected chi connectivity index (χ1v) is 15.9. The van der Waals surface area contributed by atoms with Gasteiger partial charge in [-0.15, -0.1) is 0 Å². The fourth-order valence-electron chi connectivity index (χ4n) is 4.12. The average molecular weight is 492 g/mol. The van der Waals surface area contributed by atoms with Gasteiger partial charge in [0.25, 0.3) is 0 Å². The predicted octanol–water partition coefficient (Wildman–Crippen LogP) is 6.62. The van der Waals surface area contributed by atoms with Crippen LogP contribution in [0.2, 0.25) is 0 Å². The monoisotopic (exact) mass is 491 g/mol. The average Bonchev–Trinajstić information content (AvgIpc) is 2.74. The molecule has 0 aromatic heterocycles. The molecular weight excluding hydrogens is 433 g/mol. The number of quaternary nitrogens is 1. The first-order valence-electron chi connectivity index (χ1n) is 13.9. The molecule has 0 aliphatic heterocycles. The minimum Gasteiger partial charge on any atom is -0.799 e. The summed E-state index contributed by atoms with van der Waals surface area (Å²) in [6.07, 6.45) is 20.6. The van der Waals surface area contributed by atoms with Gasteiger partial charge in [-0.3, -0.25) is 0 Å². The second kappa shape index (κ2) is 21.4. The summed E-state index contributed by atoms with van der Waals surface area (Å²) in [6, 6.07) is 0. The molecule has 0 rings (SSSR count). The van der Waals surface area contributed by atoms with E-state index in [1.807, 2.05) is 0 Å². The molecule has 0 saturated heterocycles. The van der Waals surface area contributed by atoms with E-state index in [1.165, 1.54) is 83.5 Å². The van der Waals surface area contributed by atoms with Crippen LogP contribution in [0.1, 0.15) is 110 Å². The SMILES string of the molecule is CCCCCCCCCCCCCCCCOCC(CCP(=O)([O-])CCC[N+](C)(C)C)OC. The van der Waals surface area contributed by atoms with Crippen LogP contribution in [0.25, 0.3) is 0 Å². The molecule has 0 N–H and O–H groups in total. The third-order valence-electron chi connectivity index (χ3n) is 6.40. The van der Waals surface area contributed by atoms with Gasteiger partial charge in [0.2, 0.25) is 0 Å². The van der Waals surface area contributed by atoms with Gasteiger partial charge in [0, 0.05) is 27.5 Å². The Kier molecular flexibility index (Phi) is 21.4. The summed E-state index contributed by atoms with van der Waals surface area (Å²) in [4.78, 5) is 12.3. The molecule has 2 atom stereocenters. The van der Waals surface area contributed by atoms with Gasteiger partial charge in [-0.25, -0.2) is 0 Å². The highest BCUT2D eigenvalue weighted by Gasteiger charge is 2.15. The fraction of sp³-hybridized carbons (Fsp3) is 1.00. The Morgan fingerprint density at radius 3 is 1.70 bits per heavy atom. The van der Waals surface area contributed by atoms with Gasteiger partial charge in [-0.2, -0.15) is 0 Å². The van der Waals surface area contributed by atoms with Crippen molar-refractivity contribution in [2.75, 3.05) is 60.3 Å². The highest BCUT2D eigenvalue weighted by atomic mass is 31.2. The van der Waals surface area contributed by atoms with Crippen molar-refractivity contribution in [1.29, 1.82) is 0 Å². The van der Waals surface area contributed by atoms with Crippen molar-refractivity contribution in [3.05, 3.63) is 0 Å². The third-order valence-corrected chi connectivity index (χ3v) is 8.34. The minimum atomic E-state index is -3.32. The number of hydrogen-bond donors (Lipinski definition) is 0. The standard InChI is InChI=1S/C27H58NO4P/c1-6-7-8-9-10-11-12-13-14-15-16-17-18-19-23-32-26-27(31-5)21-25-33(29,30)24-20-22-28(2,3)4/h27H,6-26H2,1-5H3. The maximum atomic E-state index is 12.3. The molecule has 0 aliphatic rings.